The fourth-order valence-electron chi connectivity index (χ4n) is 3.98. The lowest BCUT2D eigenvalue weighted by Crippen LogP contribution is -2.11. The molecule has 1 aliphatic carbocycles. The lowest BCUT2D eigenvalue weighted by Gasteiger charge is -2.27. The van der Waals surface area contributed by atoms with E-state index in [0.717, 1.165) is 11.8 Å². The second-order valence-corrected chi connectivity index (χ2v) is 7.46. The van der Waals surface area contributed by atoms with E-state index in [2.05, 4.69) is 73.5 Å². The smallest absolute Gasteiger partial charge is 0.0717 e. The van der Waals surface area contributed by atoms with E-state index < -0.39 is 0 Å². The molecule has 0 spiro atoms. The highest BCUT2D eigenvalue weighted by Gasteiger charge is 2.20. The van der Waals surface area contributed by atoms with Crippen LogP contribution in [-0.4, -0.2) is 6.61 Å². The number of rotatable bonds is 7. The Kier molecular flexibility index (Phi) is 7.31. The molecule has 0 bridgehead atoms. The maximum absolute atomic E-state index is 5.56. The zero-order valence-corrected chi connectivity index (χ0v) is 16.4. The SMILES string of the molecule is C#CCCOCc1ccc(-c2ccc(C3CCC(C=CC)CC3)cc2)cc1. The predicted molar refractivity (Wildman–Crippen MR) is 114 cm³/mol. The monoisotopic (exact) mass is 358 g/mol. The molecule has 0 aromatic heterocycles. The van der Waals surface area contributed by atoms with Gasteiger partial charge in [-0.25, -0.2) is 0 Å². The molecule has 0 radical (unpaired) electrons. The molecule has 0 atom stereocenters. The summed E-state index contributed by atoms with van der Waals surface area (Å²) in [5.41, 5.74) is 5.22. The molecule has 2 aromatic carbocycles. The van der Waals surface area contributed by atoms with Crippen LogP contribution in [0.1, 0.15) is 56.1 Å². The first kappa shape index (κ1) is 19.5. The van der Waals surface area contributed by atoms with Gasteiger partial charge < -0.3 is 4.74 Å². The number of benzene rings is 2. The summed E-state index contributed by atoms with van der Waals surface area (Å²) in [6.07, 6.45) is 15.7. The Morgan fingerprint density at radius 3 is 2.19 bits per heavy atom. The lowest BCUT2D eigenvalue weighted by atomic mass is 9.78. The predicted octanol–water partition coefficient (Wildman–Crippen LogP) is 6.74. The van der Waals surface area contributed by atoms with Crippen LogP contribution in [-0.2, 0) is 11.3 Å². The number of terminal acetylenes is 1. The van der Waals surface area contributed by atoms with Crippen molar-refractivity contribution in [2.24, 2.45) is 5.92 Å². The van der Waals surface area contributed by atoms with Crippen molar-refractivity contribution in [2.75, 3.05) is 6.61 Å². The summed E-state index contributed by atoms with van der Waals surface area (Å²) >= 11 is 0. The average molecular weight is 359 g/mol. The van der Waals surface area contributed by atoms with Crippen molar-refractivity contribution in [1.29, 1.82) is 0 Å². The number of hydrogen-bond donors (Lipinski definition) is 0. The third kappa shape index (κ3) is 5.59. The summed E-state index contributed by atoms with van der Waals surface area (Å²) in [4.78, 5) is 0. The second kappa shape index (κ2) is 10.1. The van der Waals surface area contributed by atoms with Gasteiger partial charge in [0.25, 0.3) is 0 Å². The zero-order chi connectivity index (χ0) is 18.9. The maximum atomic E-state index is 5.56. The molecular formula is C26H30O. The van der Waals surface area contributed by atoms with E-state index >= 15 is 0 Å². The van der Waals surface area contributed by atoms with Gasteiger partial charge >= 0.3 is 0 Å². The van der Waals surface area contributed by atoms with E-state index in [1.54, 1.807) is 0 Å². The zero-order valence-electron chi connectivity index (χ0n) is 16.4. The lowest BCUT2D eigenvalue weighted by molar-refractivity contribution is 0.126. The van der Waals surface area contributed by atoms with Crippen LogP contribution in [0.5, 0.6) is 0 Å². The second-order valence-electron chi connectivity index (χ2n) is 7.46. The van der Waals surface area contributed by atoms with Crippen LogP contribution >= 0.6 is 0 Å². The number of allylic oxidation sites excluding steroid dienone is 2. The molecule has 1 heteroatoms. The van der Waals surface area contributed by atoms with Crippen LogP contribution in [0.3, 0.4) is 0 Å². The third-order valence-electron chi connectivity index (χ3n) is 5.57. The van der Waals surface area contributed by atoms with Crippen LogP contribution in [0.2, 0.25) is 0 Å². The van der Waals surface area contributed by atoms with Crippen molar-refractivity contribution < 1.29 is 4.74 Å². The molecule has 0 saturated heterocycles. The summed E-state index contributed by atoms with van der Waals surface area (Å²) in [5, 5.41) is 0. The Labute approximate surface area is 164 Å². The van der Waals surface area contributed by atoms with Gasteiger partial charge in [-0.05, 0) is 66.7 Å². The molecular weight excluding hydrogens is 328 g/mol. The first-order chi connectivity index (χ1) is 13.3. The minimum Gasteiger partial charge on any atom is -0.376 e. The van der Waals surface area contributed by atoms with Gasteiger partial charge in [-0.3, -0.25) is 0 Å². The van der Waals surface area contributed by atoms with E-state index in [-0.39, 0.29) is 0 Å². The first-order valence-electron chi connectivity index (χ1n) is 10.1. The molecule has 140 valence electrons. The van der Waals surface area contributed by atoms with E-state index in [0.29, 0.717) is 19.6 Å². The van der Waals surface area contributed by atoms with Gasteiger partial charge in [-0.15, -0.1) is 12.3 Å². The quantitative estimate of drug-likeness (QED) is 0.302. The van der Waals surface area contributed by atoms with E-state index in [4.69, 9.17) is 11.2 Å². The van der Waals surface area contributed by atoms with Crippen molar-refractivity contribution in [3.8, 4) is 23.5 Å². The minimum absolute atomic E-state index is 0.621. The minimum atomic E-state index is 0.621. The van der Waals surface area contributed by atoms with Crippen molar-refractivity contribution >= 4 is 0 Å². The van der Waals surface area contributed by atoms with Gasteiger partial charge in [-0.2, -0.15) is 0 Å². The van der Waals surface area contributed by atoms with Crippen LogP contribution in [0, 0.1) is 18.3 Å². The molecule has 3 rings (SSSR count). The Morgan fingerprint density at radius 1 is 0.963 bits per heavy atom. The van der Waals surface area contributed by atoms with Gasteiger partial charge in [0.1, 0.15) is 0 Å². The van der Waals surface area contributed by atoms with Crippen LogP contribution in [0.25, 0.3) is 11.1 Å². The molecule has 2 aromatic rings. The number of ether oxygens (including phenoxy) is 1. The van der Waals surface area contributed by atoms with Crippen molar-refractivity contribution in [3.05, 3.63) is 71.8 Å². The Bertz CT molecular complexity index is 753. The molecule has 1 saturated carbocycles. The Hall–Kier alpha value is -2.30. The fourth-order valence-corrected chi connectivity index (χ4v) is 3.98. The Balaban J connectivity index is 1.56. The van der Waals surface area contributed by atoms with Gasteiger partial charge in [0.15, 0.2) is 0 Å². The van der Waals surface area contributed by atoms with Crippen LogP contribution in [0.4, 0.5) is 0 Å². The fraction of sp³-hybridized carbons (Fsp3) is 0.385. The molecule has 27 heavy (non-hydrogen) atoms. The molecule has 0 heterocycles. The number of hydrogen-bond acceptors (Lipinski definition) is 1. The topological polar surface area (TPSA) is 9.23 Å². The molecule has 0 unspecified atom stereocenters. The molecule has 1 aliphatic rings. The normalized spacial score (nSPS) is 19.9. The molecule has 0 aliphatic heterocycles. The molecule has 0 N–H and O–H groups in total. The maximum Gasteiger partial charge on any atom is 0.0717 e. The highest BCUT2D eigenvalue weighted by atomic mass is 16.5. The average Bonchev–Trinajstić information content (AvgIpc) is 2.73. The standard InChI is InChI=1S/C26H30O/c1-3-5-19-27-20-22-9-13-24(14-10-22)26-17-15-25(16-18-26)23-11-7-21(6-4-2)8-12-23/h1,4,6,9-10,13-18,21,23H,5,7-8,11-12,19-20H2,2H3. The van der Waals surface area contributed by atoms with E-state index in [9.17, 15) is 0 Å². The van der Waals surface area contributed by atoms with Crippen molar-refractivity contribution in [2.45, 2.75) is 51.6 Å². The van der Waals surface area contributed by atoms with Crippen LogP contribution in [0.15, 0.2) is 60.7 Å². The van der Waals surface area contributed by atoms with Crippen molar-refractivity contribution in [1.82, 2.24) is 0 Å². The van der Waals surface area contributed by atoms with Gasteiger partial charge in [0, 0.05) is 6.42 Å². The summed E-state index contributed by atoms with van der Waals surface area (Å²) in [6, 6.07) is 17.8. The summed E-state index contributed by atoms with van der Waals surface area (Å²) in [7, 11) is 0. The largest absolute Gasteiger partial charge is 0.376 e. The highest BCUT2D eigenvalue weighted by Crippen LogP contribution is 2.36. The van der Waals surface area contributed by atoms with Crippen molar-refractivity contribution in [3.63, 3.8) is 0 Å². The summed E-state index contributed by atoms with van der Waals surface area (Å²) in [6.45, 7) is 3.37. The first-order valence-corrected chi connectivity index (χ1v) is 10.1. The van der Waals surface area contributed by atoms with Gasteiger partial charge in [0.2, 0.25) is 0 Å². The van der Waals surface area contributed by atoms with E-state index in [1.807, 2.05) is 0 Å². The Morgan fingerprint density at radius 2 is 1.59 bits per heavy atom. The van der Waals surface area contributed by atoms with Crippen LogP contribution < -0.4 is 0 Å². The third-order valence-corrected chi connectivity index (χ3v) is 5.57. The van der Waals surface area contributed by atoms with E-state index in [1.165, 1.54) is 47.9 Å². The molecule has 1 nitrogen and oxygen atoms in total. The summed E-state index contributed by atoms with van der Waals surface area (Å²) < 4.78 is 5.56. The van der Waals surface area contributed by atoms with Gasteiger partial charge in [-0.1, -0.05) is 60.7 Å². The molecule has 0 amide bonds. The van der Waals surface area contributed by atoms with Gasteiger partial charge in [0.05, 0.1) is 13.2 Å². The highest BCUT2D eigenvalue weighted by molar-refractivity contribution is 5.64. The summed E-state index contributed by atoms with van der Waals surface area (Å²) in [5.74, 6) is 4.11. The molecule has 1 fully saturated rings.